The van der Waals surface area contributed by atoms with Crippen LogP contribution >= 0.6 is 0 Å². The molecule has 16 heavy (non-hydrogen) atoms. The molecular weight excluding hydrogens is 204 g/mol. The number of rotatable bonds is 4. The number of hydrogen-bond donors (Lipinski definition) is 0. The first kappa shape index (κ1) is 10.6. The van der Waals surface area contributed by atoms with Crippen molar-refractivity contribution in [3.8, 4) is 5.69 Å². The summed E-state index contributed by atoms with van der Waals surface area (Å²) in [5.74, 6) is -0.0651. The fourth-order valence-electron chi connectivity index (χ4n) is 1.40. The third-order valence-corrected chi connectivity index (χ3v) is 2.20. The third-order valence-electron chi connectivity index (χ3n) is 2.20. The summed E-state index contributed by atoms with van der Waals surface area (Å²) in [6, 6.07) is 9.64. The van der Waals surface area contributed by atoms with Crippen molar-refractivity contribution < 1.29 is 9.53 Å². The van der Waals surface area contributed by atoms with Gasteiger partial charge in [-0.25, -0.2) is 4.68 Å². The lowest BCUT2D eigenvalue weighted by Crippen LogP contribution is -2.05. The number of ketones is 1. The molecule has 0 atom stereocenters. The number of ether oxygens (including phenoxy) is 1. The Morgan fingerprint density at radius 2 is 2.12 bits per heavy atom. The van der Waals surface area contributed by atoms with E-state index in [1.807, 2.05) is 30.3 Å². The van der Waals surface area contributed by atoms with E-state index in [9.17, 15) is 4.79 Å². The minimum Gasteiger partial charge on any atom is -0.377 e. The first-order chi connectivity index (χ1) is 7.81. The lowest BCUT2D eigenvalue weighted by molar-refractivity contribution is 0.0848. The van der Waals surface area contributed by atoms with Crippen molar-refractivity contribution in [2.75, 3.05) is 13.7 Å². The van der Waals surface area contributed by atoms with Gasteiger partial charge in [0.2, 0.25) is 0 Å². The number of para-hydroxylation sites is 1. The summed E-state index contributed by atoms with van der Waals surface area (Å²) in [5.41, 5.74) is 1.49. The van der Waals surface area contributed by atoms with E-state index in [2.05, 4.69) is 5.10 Å². The molecule has 1 aromatic heterocycles. The summed E-state index contributed by atoms with van der Waals surface area (Å²) >= 11 is 0. The van der Waals surface area contributed by atoms with Gasteiger partial charge in [-0.3, -0.25) is 4.79 Å². The summed E-state index contributed by atoms with van der Waals surface area (Å²) in [6.45, 7) is 0.0838. The zero-order valence-electron chi connectivity index (χ0n) is 8.96. The van der Waals surface area contributed by atoms with Crippen LogP contribution in [0.15, 0.2) is 42.7 Å². The number of carbonyl (C=O) groups is 1. The molecule has 0 aliphatic rings. The fraction of sp³-hybridized carbons (Fsp3) is 0.167. The molecule has 0 radical (unpaired) electrons. The number of methoxy groups -OCH3 is 1. The maximum atomic E-state index is 11.5. The Hall–Kier alpha value is -1.94. The van der Waals surface area contributed by atoms with Crippen LogP contribution in [-0.4, -0.2) is 29.3 Å². The highest BCUT2D eigenvalue weighted by Gasteiger charge is 2.08. The topological polar surface area (TPSA) is 44.1 Å². The number of Topliss-reactive ketones (excluding diaryl/α,β-unsaturated/α-hetero) is 1. The Morgan fingerprint density at radius 1 is 1.38 bits per heavy atom. The van der Waals surface area contributed by atoms with Crippen molar-refractivity contribution >= 4 is 5.78 Å². The molecule has 0 saturated carbocycles. The van der Waals surface area contributed by atoms with Crippen LogP contribution in [0, 0.1) is 0 Å². The molecule has 1 heterocycles. The van der Waals surface area contributed by atoms with E-state index in [0.717, 1.165) is 5.69 Å². The van der Waals surface area contributed by atoms with Crippen LogP contribution in [0.1, 0.15) is 10.4 Å². The number of hydrogen-bond acceptors (Lipinski definition) is 3. The number of aromatic nitrogens is 2. The summed E-state index contributed by atoms with van der Waals surface area (Å²) in [5, 5.41) is 4.13. The lowest BCUT2D eigenvalue weighted by atomic mass is 10.2. The molecule has 0 N–H and O–H groups in total. The first-order valence-electron chi connectivity index (χ1n) is 4.93. The minimum absolute atomic E-state index is 0.0651. The molecule has 2 rings (SSSR count). The molecule has 82 valence electrons. The van der Waals surface area contributed by atoms with Gasteiger partial charge < -0.3 is 4.74 Å². The quantitative estimate of drug-likeness (QED) is 0.731. The van der Waals surface area contributed by atoms with Crippen LogP contribution in [0.5, 0.6) is 0 Å². The largest absolute Gasteiger partial charge is 0.377 e. The Kier molecular flexibility index (Phi) is 3.12. The molecule has 4 nitrogen and oxygen atoms in total. The van der Waals surface area contributed by atoms with Gasteiger partial charge in [0, 0.05) is 13.3 Å². The number of nitrogens with zero attached hydrogens (tertiary/aromatic N) is 2. The maximum absolute atomic E-state index is 11.5. The maximum Gasteiger partial charge on any atom is 0.191 e. The molecule has 0 aliphatic carbocycles. The third kappa shape index (κ3) is 2.17. The molecular formula is C12H12N2O2. The molecule has 0 bridgehead atoms. The molecule has 2 aromatic rings. The van der Waals surface area contributed by atoms with E-state index in [4.69, 9.17) is 4.74 Å². The number of benzene rings is 1. The summed E-state index contributed by atoms with van der Waals surface area (Å²) in [4.78, 5) is 11.5. The molecule has 0 spiro atoms. The molecule has 1 aromatic carbocycles. The van der Waals surface area contributed by atoms with Crippen molar-refractivity contribution in [1.29, 1.82) is 0 Å². The zero-order valence-corrected chi connectivity index (χ0v) is 8.96. The van der Waals surface area contributed by atoms with Gasteiger partial charge in [0.25, 0.3) is 0 Å². The van der Waals surface area contributed by atoms with Gasteiger partial charge in [-0.05, 0) is 12.1 Å². The molecule has 0 saturated heterocycles. The standard InChI is InChI=1S/C12H12N2O2/c1-16-9-12(15)10-7-13-14(8-10)11-5-3-2-4-6-11/h2-8H,9H2,1H3. The van der Waals surface area contributed by atoms with Gasteiger partial charge in [0.15, 0.2) is 5.78 Å². The van der Waals surface area contributed by atoms with Crippen LogP contribution in [0.25, 0.3) is 5.69 Å². The molecule has 0 fully saturated rings. The van der Waals surface area contributed by atoms with E-state index < -0.39 is 0 Å². The number of carbonyl (C=O) groups excluding carboxylic acids is 1. The zero-order chi connectivity index (χ0) is 11.4. The van der Waals surface area contributed by atoms with Gasteiger partial charge in [0.05, 0.1) is 17.4 Å². The average molecular weight is 216 g/mol. The fourth-order valence-corrected chi connectivity index (χ4v) is 1.40. The predicted octanol–water partition coefficient (Wildman–Crippen LogP) is 1.70. The highest BCUT2D eigenvalue weighted by molar-refractivity contribution is 5.96. The Labute approximate surface area is 93.5 Å². The van der Waals surface area contributed by atoms with Crippen LogP contribution in [0.2, 0.25) is 0 Å². The normalized spacial score (nSPS) is 10.3. The van der Waals surface area contributed by atoms with Gasteiger partial charge in [-0.1, -0.05) is 18.2 Å². The summed E-state index contributed by atoms with van der Waals surface area (Å²) in [6.07, 6.45) is 3.26. The van der Waals surface area contributed by atoms with Gasteiger partial charge in [-0.15, -0.1) is 0 Å². The highest BCUT2D eigenvalue weighted by atomic mass is 16.5. The Balaban J connectivity index is 2.23. The predicted molar refractivity (Wildman–Crippen MR) is 59.8 cm³/mol. The van der Waals surface area contributed by atoms with Crippen LogP contribution in [0.3, 0.4) is 0 Å². The monoisotopic (exact) mass is 216 g/mol. The van der Waals surface area contributed by atoms with Crippen molar-refractivity contribution in [2.45, 2.75) is 0 Å². The van der Waals surface area contributed by atoms with E-state index in [-0.39, 0.29) is 12.4 Å². The van der Waals surface area contributed by atoms with Gasteiger partial charge in [0.1, 0.15) is 6.61 Å². The summed E-state index contributed by atoms with van der Waals surface area (Å²) in [7, 11) is 1.50. The van der Waals surface area contributed by atoms with E-state index >= 15 is 0 Å². The van der Waals surface area contributed by atoms with Crippen molar-refractivity contribution in [3.63, 3.8) is 0 Å². The van der Waals surface area contributed by atoms with E-state index in [1.54, 1.807) is 17.1 Å². The molecule has 4 heteroatoms. The second kappa shape index (κ2) is 4.72. The van der Waals surface area contributed by atoms with E-state index in [1.165, 1.54) is 7.11 Å². The van der Waals surface area contributed by atoms with Gasteiger partial charge in [-0.2, -0.15) is 5.10 Å². The Morgan fingerprint density at radius 3 is 2.81 bits per heavy atom. The van der Waals surface area contributed by atoms with Gasteiger partial charge >= 0.3 is 0 Å². The molecule has 0 amide bonds. The summed E-state index contributed by atoms with van der Waals surface area (Å²) < 4.78 is 6.46. The smallest absolute Gasteiger partial charge is 0.191 e. The molecule has 0 aliphatic heterocycles. The van der Waals surface area contributed by atoms with E-state index in [0.29, 0.717) is 5.56 Å². The van der Waals surface area contributed by atoms with Crippen molar-refractivity contribution in [2.24, 2.45) is 0 Å². The molecule has 0 unspecified atom stereocenters. The SMILES string of the molecule is COCC(=O)c1cnn(-c2ccccc2)c1. The van der Waals surface area contributed by atoms with Crippen LogP contribution in [0.4, 0.5) is 0 Å². The van der Waals surface area contributed by atoms with Crippen LogP contribution in [-0.2, 0) is 4.74 Å². The second-order valence-electron chi connectivity index (χ2n) is 3.37. The second-order valence-corrected chi connectivity index (χ2v) is 3.37. The van der Waals surface area contributed by atoms with Crippen molar-refractivity contribution in [1.82, 2.24) is 9.78 Å². The average Bonchev–Trinajstić information content (AvgIpc) is 2.80. The lowest BCUT2D eigenvalue weighted by Gasteiger charge is -1.98. The van der Waals surface area contributed by atoms with Crippen molar-refractivity contribution in [3.05, 3.63) is 48.3 Å². The first-order valence-corrected chi connectivity index (χ1v) is 4.93. The minimum atomic E-state index is -0.0651. The Bertz CT molecular complexity index is 477. The highest BCUT2D eigenvalue weighted by Crippen LogP contribution is 2.08. The van der Waals surface area contributed by atoms with Crippen LogP contribution < -0.4 is 0 Å².